The number of allylic oxidation sites excluding steroid dienone is 2. The van der Waals surface area contributed by atoms with Crippen molar-refractivity contribution in [1.82, 2.24) is 0 Å². The van der Waals surface area contributed by atoms with Crippen LogP contribution in [-0.4, -0.2) is 140 Å². The van der Waals surface area contributed by atoms with Crippen LogP contribution in [0.25, 0.3) is 0 Å². The summed E-state index contributed by atoms with van der Waals surface area (Å²) in [5, 5.41) is 12.0. The van der Waals surface area contributed by atoms with Gasteiger partial charge in [-0.3, -0.25) is 43.2 Å². The normalized spacial score (nSPS) is 26.3. The number of methoxy groups -OCH3 is 2. The van der Waals surface area contributed by atoms with Gasteiger partial charge in [0.1, 0.15) is 36.6 Å². The first-order valence-corrected chi connectivity index (χ1v) is 19.4. The zero-order valence-electron chi connectivity index (χ0n) is 33.0. The van der Waals surface area contributed by atoms with E-state index in [9.17, 15) is 48.3 Å². The molecule has 2 saturated heterocycles. The Labute approximate surface area is 345 Å². The number of phenolic OH excluding ortho intramolecular Hbond substituents is 1. The van der Waals surface area contributed by atoms with Gasteiger partial charge >= 0.3 is 35.8 Å². The van der Waals surface area contributed by atoms with Crippen LogP contribution in [0, 0.1) is 0 Å². The fourth-order valence-corrected chi connectivity index (χ4v) is 9.10. The Balaban J connectivity index is 1.96. The molecule has 2 aliphatic heterocycles. The number of phenols is 1. The summed E-state index contributed by atoms with van der Waals surface area (Å²) in [5.41, 5.74) is -3.92. The van der Waals surface area contributed by atoms with Crippen LogP contribution in [0.3, 0.4) is 0 Å². The largest absolute Gasteiger partial charge is 0.506 e. The van der Waals surface area contributed by atoms with Crippen LogP contribution in [0.5, 0.6) is 5.75 Å². The van der Waals surface area contributed by atoms with Gasteiger partial charge < -0.3 is 52.5 Å². The van der Waals surface area contributed by atoms with Gasteiger partial charge in [-0.15, -0.1) is 0 Å². The van der Waals surface area contributed by atoms with Crippen LogP contribution in [-0.2, 0) is 87.4 Å². The SMILES string of the molecule is COC1=CCc2c(O)c(S[C@H]3O[C@@H](COC(C)=O)C(OC(C)=O)[C@@H](OC)C3=O)c(SC3OC(COC(C)=O)[C@@H](OC(C)=O)[C@H](OC(C)=O)[C@H]3OC(C)=O)c(C=O)c2C1=O. The Morgan fingerprint density at radius 2 is 1.25 bits per heavy atom. The molecular weight excluding hydrogens is 829 g/mol. The van der Waals surface area contributed by atoms with E-state index in [1.54, 1.807) is 0 Å². The molecule has 1 aromatic carbocycles. The number of carbonyl (C=O) groups is 9. The van der Waals surface area contributed by atoms with Gasteiger partial charge in [-0.05, 0) is 12.5 Å². The van der Waals surface area contributed by atoms with Crippen LogP contribution in [0.2, 0.25) is 0 Å². The van der Waals surface area contributed by atoms with Gasteiger partial charge in [-0.1, -0.05) is 23.5 Å². The van der Waals surface area contributed by atoms with E-state index in [2.05, 4.69) is 0 Å². The van der Waals surface area contributed by atoms with E-state index in [1.165, 1.54) is 13.2 Å². The minimum absolute atomic E-state index is 0.0490. The lowest BCUT2D eigenvalue weighted by molar-refractivity contribution is -0.237. The number of Topliss-reactive ketones (excluding diaryl/α,β-unsaturated/α-hetero) is 2. The van der Waals surface area contributed by atoms with Crippen molar-refractivity contribution in [3.8, 4) is 5.75 Å². The topological polar surface area (TPSA) is 266 Å². The number of hydrogen-bond acceptors (Lipinski definition) is 22. The number of ether oxygens (including phenoxy) is 10. The number of thioether (sulfide) groups is 2. The number of aromatic hydroxyl groups is 1. The summed E-state index contributed by atoms with van der Waals surface area (Å²) in [7, 11) is 2.38. The number of ketones is 2. The molecule has 3 aliphatic rings. The second-order valence-electron chi connectivity index (χ2n) is 12.9. The zero-order chi connectivity index (χ0) is 43.9. The van der Waals surface area contributed by atoms with Crippen molar-refractivity contribution in [3.05, 3.63) is 28.5 Å². The highest BCUT2D eigenvalue weighted by Gasteiger charge is 2.54. The van der Waals surface area contributed by atoms with Crippen molar-refractivity contribution in [2.24, 2.45) is 0 Å². The third-order valence-electron chi connectivity index (χ3n) is 8.69. The molecule has 0 bridgehead atoms. The highest BCUT2D eigenvalue weighted by molar-refractivity contribution is 8.03. The third-order valence-corrected chi connectivity index (χ3v) is 11.3. The Kier molecular flexibility index (Phi) is 16.0. The summed E-state index contributed by atoms with van der Waals surface area (Å²) in [6.07, 6.45) is -8.94. The molecule has 0 aromatic heterocycles. The molecule has 59 heavy (non-hydrogen) atoms. The smallest absolute Gasteiger partial charge is 0.303 e. The van der Waals surface area contributed by atoms with Crippen LogP contribution in [0.1, 0.15) is 67.8 Å². The van der Waals surface area contributed by atoms with Gasteiger partial charge in [-0.25, -0.2) is 0 Å². The molecule has 0 saturated carbocycles. The fourth-order valence-electron chi connectivity index (χ4n) is 6.45. The van der Waals surface area contributed by atoms with E-state index >= 15 is 0 Å². The Hall–Kier alpha value is -5.03. The van der Waals surface area contributed by atoms with E-state index in [0.717, 1.165) is 48.7 Å². The predicted molar refractivity (Wildman–Crippen MR) is 197 cm³/mol. The van der Waals surface area contributed by atoms with Crippen molar-refractivity contribution < 1.29 is 95.6 Å². The molecule has 322 valence electrons. The van der Waals surface area contributed by atoms with Gasteiger partial charge in [0.15, 0.2) is 48.0 Å². The van der Waals surface area contributed by atoms with Crippen LogP contribution < -0.4 is 0 Å². The minimum atomic E-state index is -1.66. The number of esters is 6. The number of benzene rings is 1. The van der Waals surface area contributed by atoms with Crippen LogP contribution in [0.15, 0.2) is 21.6 Å². The maximum Gasteiger partial charge on any atom is 0.303 e. The average Bonchev–Trinajstić information content (AvgIpc) is 3.14. The van der Waals surface area contributed by atoms with Gasteiger partial charge in [0.2, 0.25) is 11.6 Å². The number of hydrogen-bond donors (Lipinski definition) is 1. The first-order chi connectivity index (χ1) is 27.8. The van der Waals surface area contributed by atoms with Gasteiger partial charge in [-0.2, -0.15) is 0 Å². The zero-order valence-corrected chi connectivity index (χ0v) is 34.6. The number of aldehydes is 1. The van der Waals surface area contributed by atoms with Crippen molar-refractivity contribution in [3.63, 3.8) is 0 Å². The summed E-state index contributed by atoms with van der Waals surface area (Å²) in [4.78, 5) is 114. The molecule has 2 fully saturated rings. The lowest BCUT2D eigenvalue weighted by Gasteiger charge is -2.44. The highest BCUT2D eigenvalue weighted by atomic mass is 32.2. The molecule has 9 atom stereocenters. The summed E-state index contributed by atoms with van der Waals surface area (Å²) in [6.45, 7) is 5.26. The molecule has 0 radical (unpaired) electrons. The summed E-state index contributed by atoms with van der Waals surface area (Å²) >= 11 is 1.11. The van der Waals surface area contributed by atoms with Crippen LogP contribution in [0.4, 0.5) is 0 Å². The minimum Gasteiger partial charge on any atom is -0.506 e. The lowest BCUT2D eigenvalue weighted by Crippen LogP contribution is -2.61. The molecule has 0 spiro atoms. The predicted octanol–water partition coefficient (Wildman–Crippen LogP) is 1.54. The van der Waals surface area contributed by atoms with Gasteiger partial charge in [0.05, 0.1) is 12.0 Å². The first-order valence-electron chi connectivity index (χ1n) is 17.6. The second-order valence-corrected chi connectivity index (χ2v) is 15.1. The first kappa shape index (κ1) is 46.7. The summed E-state index contributed by atoms with van der Waals surface area (Å²) in [6, 6.07) is 0. The summed E-state index contributed by atoms with van der Waals surface area (Å²) in [5.74, 6) is -7.45. The Bertz CT molecular complexity index is 1910. The molecule has 20 nitrogen and oxygen atoms in total. The van der Waals surface area contributed by atoms with E-state index in [0.29, 0.717) is 29.8 Å². The molecule has 2 heterocycles. The maximum absolute atomic E-state index is 14.0. The number of carbonyl (C=O) groups excluding carboxylic acids is 9. The highest BCUT2D eigenvalue weighted by Crippen LogP contribution is 2.51. The van der Waals surface area contributed by atoms with E-state index < -0.39 is 120 Å². The molecule has 3 unspecified atom stereocenters. The van der Waals surface area contributed by atoms with E-state index in [-0.39, 0.29) is 38.7 Å². The average molecular weight is 871 g/mol. The van der Waals surface area contributed by atoms with Gasteiger partial charge in [0, 0.05) is 70.2 Å². The summed E-state index contributed by atoms with van der Waals surface area (Å²) < 4.78 is 55.2. The third kappa shape index (κ3) is 11.0. The van der Waals surface area contributed by atoms with Crippen molar-refractivity contribution >= 4 is 77.2 Å². The van der Waals surface area contributed by atoms with Gasteiger partial charge in [0.25, 0.3) is 0 Å². The molecule has 1 aromatic rings. The van der Waals surface area contributed by atoms with Crippen molar-refractivity contribution in [2.75, 3.05) is 27.4 Å². The molecular formula is C37H42O20S2. The molecule has 0 amide bonds. The van der Waals surface area contributed by atoms with Crippen molar-refractivity contribution in [2.45, 2.75) is 111 Å². The quantitative estimate of drug-likeness (QED) is 0.149. The molecule has 1 aliphatic carbocycles. The Morgan fingerprint density at radius 1 is 0.729 bits per heavy atom. The van der Waals surface area contributed by atoms with Crippen LogP contribution >= 0.6 is 23.5 Å². The number of fused-ring (bicyclic) bond motifs is 1. The lowest BCUT2D eigenvalue weighted by atomic mass is 9.89. The van der Waals surface area contributed by atoms with E-state index in [4.69, 9.17) is 47.4 Å². The van der Waals surface area contributed by atoms with Crippen molar-refractivity contribution in [1.29, 1.82) is 0 Å². The Morgan fingerprint density at radius 3 is 1.76 bits per heavy atom. The fraction of sp³-hybridized carbons (Fsp3) is 0.541. The molecule has 22 heteroatoms. The second kappa shape index (κ2) is 20.3. The molecule has 1 N–H and O–H groups in total. The number of rotatable bonds is 15. The maximum atomic E-state index is 14.0. The standard InChI is InChI=1S/C37H42O20S2/c1-14(39)50-12-23-29(52-16(3)41)31(49-8)28(47)36(56-23)59-35-26(45)20-9-10-22(48-7)27(46)25(20)21(11-38)34(35)58-37-33(55-19(6)44)32(54-18(5)43)30(53-17(4)42)24(57-37)13-51-15(2)40/h10-11,23-24,29-33,36-37,45H,9,12-13H2,1-8H3/t23-,24?,29?,30+,31-,32-,33+,36+,37?/m0/s1. The monoisotopic (exact) mass is 870 g/mol. The van der Waals surface area contributed by atoms with E-state index in [1.807, 2.05) is 0 Å². The molecule has 4 rings (SSSR count).